The van der Waals surface area contributed by atoms with E-state index < -0.39 is 22.0 Å². The Kier molecular flexibility index (Phi) is 8.83. The highest BCUT2D eigenvalue weighted by atomic mass is 32.2. The number of amides is 2. The third-order valence-corrected chi connectivity index (χ3v) is 6.36. The maximum absolute atomic E-state index is 13.5. The molecule has 2 rings (SSSR count). The van der Waals surface area contributed by atoms with Crippen LogP contribution in [0.3, 0.4) is 0 Å². The van der Waals surface area contributed by atoms with Crippen LogP contribution in [0.1, 0.15) is 37.0 Å². The summed E-state index contributed by atoms with van der Waals surface area (Å²) >= 11 is 0. The molecule has 0 heterocycles. The molecular formula is C24H33N3O4S. The van der Waals surface area contributed by atoms with Crippen LogP contribution in [0.15, 0.2) is 48.5 Å². The molecule has 1 atom stereocenters. The van der Waals surface area contributed by atoms with Crippen LogP contribution in [-0.4, -0.2) is 50.5 Å². The van der Waals surface area contributed by atoms with Crippen molar-refractivity contribution in [1.82, 2.24) is 10.2 Å². The summed E-state index contributed by atoms with van der Waals surface area (Å²) in [5.41, 5.74) is 3.07. The Morgan fingerprint density at radius 2 is 1.69 bits per heavy atom. The molecule has 0 spiro atoms. The first kappa shape index (κ1) is 25.4. The molecule has 0 aliphatic heterocycles. The van der Waals surface area contributed by atoms with E-state index in [1.54, 1.807) is 6.07 Å². The van der Waals surface area contributed by atoms with Crippen LogP contribution < -0.4 is 9.62 Å². The van der Waals surface area contributed by atoms with Gasteiger partial charge in [-0.25, -0.2) is 8.42 Å². The topological polar surface area (TPSA) is 86.8 Å². The molecule has 0 radical (unpaired) electrons. The molecule has 0 saturated heterocycles. The number of anilines is 1. The fourth-order valence-corrected chi connectivity index (χ4v) is 4.58. The number of carbonyl (C=O) groups excluding carboxylic acids is 2. The molecule has 0 aliphatic rings. The Bertz CT molecular complexity index is 1040. The lowest BCUT2D eigenvalue weighted by atomic mass is 10.1. The number of rotatable bonds is 10. The average molecular weight is 460 g/mol. The van der Waals surface area contributed by atoms with E-state index >= 15 is 0 Å². The van der Waals surface area contributed by atoms with Crippen molar-refractivity contribution in [2.24, 2.45) is 0 Å². The van der Waals surface area contributed by atoms with Gasteiger partial charge in [-0.3, -0.25) is 13.9 Å². The van der Waals surface area contributed by atoms with E-state index in [0.29, 0.717) is 18.7 Å². The van der Waals surface area contributed by atoms with Gasteiger partial charge in [0.2, 0.25) is 21.8 Å². The summed E-state index contributed by atoms with van der Waals surface area (Å²) in [6, 6.07) is 14.1. The first-order chi connectivity index (χ1) is 15.1. The van der Waals surface area contributed by atoms with E-state index in [1.807, 2.05) is 70.2 Å². The summed E-state index contributed by atoms with van der Waals surface area (Å²) in [5.74, 6) is -0.686. The Morgan fingerprint density at radius 3 is 2.22 bits per heavy atom. The highest BCUT2D eigenvalue weighted by molar-refractivity contribution is 7.92. The molecule has 2 aromatic carbocycles. The number of carbonyl (C=O) groups is 2. The normalized spacial score (nSPS) is 12.2. The number of hydrogen-bond donors (Lipinski definition) is 1. The smallest absolute Gasteiger partial charge is 0.244 e. The van der Waals surface area contributed by atoms with Crippen molar-refractivity contribution in [1.29, 1.82) is 0 Å². The SMILES string of the molecule is CCNC(=O)[C@H](CC)N(Cc1ccccc1)C(=O)CN(c1ccc(C)cc1C)S(C)(=O)=O. The van der Waals surface area contributed by atoms with Crippen LogP contribution in [0.5, 0.6) is 0 Å². The minimum absolute atomic E-state index is 0.208. The first-order valence-corrected chi connectivity index (χ1v) is 12.6. The zero-order valence-electron chi connectivity index (χ0n) is 19.5. The van der Waals surface area contributed by atoms with E-state index in [2.05, 4.69) is 5.32 Å². The van der Waals surface area contributed by atoms with Crippen LogP contribution >= 0.6 is 0 Å². The lowest BCUT2D eigenvalue weighted by Gasteiger charge is -2.33. The van der Waals surface area contributed by atoms with Crippen molar-refractivity contribution in [3.05, 3.63) is 65.2 Å². The molecule has 174 valence electrons. The van der Waals surface area contributed by atoms with E-state index in [4.69, 9.17) is 0 Å². The third-order valence-electron chi connectivity index (χ3n) is 5.23. The Balaban J connectivity index is 2.44. The van der Waals surface area contributed by atoms with Crippen molar-refractivity contribution in [2.75, 3.05) is 23.7 Å². The zero-order chi connectivity index (χ0) is 23.9. The van der Waals surface area contributed by atoms with Crippen molar-refractivity contribution >= 4 is 27.5 Å². The molecule has 2 amide bonds. The Morgan fingerprint density at radius 1 is 1.03 bits per heavy atom. The molecular weight excluding hydrogens is 426 g/mol. The van der Waals surface area contributed by atoms with Gasteiger partial charge in [-0.15, -0.1) is 0 Å². The van der Waals surface area contributed by atoms with Crippen LogP contribution in [0.4, 0.5) is 5.69 Å². The first-order valence-electron chi connectivity index (χ1n) is 10.7. The van der Waals surface area contributed by atoms with Crippen LogP contribution in [0.2, 0.25) is 0 Å². The van der Waals surface area contributed by atoms with E-state index in [9.17, 15) is 18.0 Å². The van der Waals surface area contributed by atoms with Gasteiger partial charge in [0, 0.05) is 13.1 Å². The van der Waals surface area contributed by atoms with Crippen molar-refractivity contribution in [2.45, 2.75) is 46.7 Å². The van der Waals surface area contributed by atoms with Gasteiger partial charge in [0.05, 0.1) is 11.9 Å². The molecule has 0 unspecified atom stereocenters. The molecule has 0 fully saturated rings. The summed E-state index contributed by atoms with van der Waals surface area (Å²) in [7, 11) is -3.73. The number of nitrogens with one attached hydrogen (secondary N) is 1. The van der Waals surface area contributed by atoms with E-state index in [1.165, 1.54) is 4.90 Å². The molecule has 0 saturated carbocycles. The monoisotopic (exact) mass is 459 g/mol. The highest BCUT2D eigenvalue weighted by Crippen LogP contribution is 2.24. The lowest BCUT2D eigenvalue weighted by molar-refractivity contribution is -0.140. The van der Waals surface area contributed by atoms with Crippen molar-refractivity contribution in [3.8, 4) is 0 Å². The van der Waals surface area contributed by atoms with Gasteiger partial charge in [0.25, 0.3) is 0 Å². The second-order valence-electron chi connectivity index (χ2n) is 7.89. The average Bonchev–Trinajstić information content (AvgIpc) is 2.72. The summed E-state index contributed by atoms with van der Waals surface area (Å²) in [6.45, 7) is 7.66. The minimum atomic E-state index is -3.73. The van der Waals surface area contributed by atoms with Gasteiger partial charge in [-0.05, 0) is 44.4 Å². The van der Waals surface area contributed by atoms with Gasteiger partial charge in [-0.1, -0.05) is 55.0 Å². The standard InChI is InChI=1S/C24H33N3O4S/c1-6-21(24(29)25-7-2)26(16-20-11-9-8-10-12-20)23(28)17-27(32(5,30)31)22-14-13-18(3)15-19(22)4/h8-15,21H,6-7,16-17H2,1-5H3,(H,25,29)/t21-/m0/s1. The van der Waals surface area contributed by atoms with Crippen LogP contribution in [0, 0.1) is 13.8 Å². The quantitative estimate of drug-likeness (QED) is 0.592. The second-order valence-corrected chi connectivity index (χ2v) is 9.79. The third kappa shape index (κ3) is 6.56. The minimum Gasteiger partial charge on any atom is -0.355 e. The lowest BCUT2D eigenvalue weighted by Crippen LogP contribution is -2.52. The molecule has 32 heavy (non-hydrogen) atoms. The van der Waals surface area contributed by atoms with Gasteiger partial charge in [0.1, 0.15) is 12.6 Å². The number of aryl methyl sites for hydroxylation is 2. The maximum atomic E-state index is 13.5. The van der Waals surface area contributed by atoms with Gasteiger partial charge in [0.15, 0.2) is 0 Å². The molecule has 2 aromatic rings. The van der Waals surface area contributed by atoms with Crippen molar-refractivity contribution < 1.29 is 18.0 Å². The highest BCUT2D eigenvalue weighted by Gasteiger charge is 2.31. The second kappa shape index (κ2) is 11.1. The molecule has 0 aromatic heterocycles. The fraction of sp³-hybridized carbons (Fsp3) is 0.417. The van der Waals surface area contributed by atoms with Crippen LogP contribution in [0.25, 0.3) is 0 Å². The molecule has 0 bridgehead atoms. The Labute approximate surface area is 191 Å². The summed E-state index contributed by atoms with van der Waals surface area (Å²) in [6.07, 6.45) is 1.50. The van der Waals surface area contributed by atoms with E-state index in [0.717, 1.165) is 27.3 Å². The molecule has 8 heteroatoms. The molecule has 7 nitrogen and oxygen atoms in total. The summed E-state index contributed by atoms with van der Waals surface area (Å²) in [5, 5.41) is 2.78. The Hall–Kier alpha value is -2.87. The van der Waals surface area contributed by atoms with Gasteiger partial charge in [-0.2, -0.15) is 0 Å². The largest absolute Gasteiger partial charge is 0.355 e. The van der Waals surface area contributed by atoms with Crippen molar-refractivity contribution in [3.63, 3.8) is 0 Å². The number of nitrogens with zero attached hydrogens (tertiary/aromatic N) is 2. The zero-order valence-corrected chi connectivity index (χ0v) is 20.3. The number of benzene rings is 2. The molecule has 1 N–H and O–H groups in total. The summed E-state index contributed by atoms with van der Waals surface area (Å²) < 4.78 is 26.4. The number of likely N-dealkylation sites (N-methyl/N-ethyl adjacent to an activating group) is 1. The summed E-state index contributed by atoms with van der Waals surface area (Å²) in [4.78, 5) is 27.7. The van der Waals surface area contributed by atoms with Crippen LogP contribution in [-0.2, 0) is 26.2 Å². The number of hydrogen-bond acceptors (Lipinski definition) is 4. The van der Waals surface area contributed by atoms with E-state index in [-0.39, 0.29) is 19.0 Å². The predicted molar refractivity (Wildman–Crippen MR) is 128 cm³/mol. The van der Waals surface area contributed by atoms with Gasteiger partial charge < -0.3 is 10.2 Å². The van der Waals surface area contributed by atoms with Gasteiger partial charge >= 0.3 is 0 Å². The fourth-order valence-electron chi connectivity index (χ4n) is 3.67. The maximum Gasteiger partial charge on any atom is 0.244 e. The molecule has 0 aliphatic carbocycles. The predicted octanol–water partition coefficient (Wildman–Crippen LogP) is 3.01. The number of sulfonamides is 1.